The summed E-state index contributed by atoms with van der Waals surface area (Å²) >= 11 is 0. The van der Waals surface area contributed by atoms with Crippen LogP contribution >= 0.6 is 0 Å². The predicted octanol–water partition coefficient (Wildman–Crippen LogP) is 1.53. The number of methoxy groups -OCH3 is 1. The second kappa shape index (κ2) is 11.7. The quantitative estimate of drug-likeness (QED) is 0.335. The Morgan fingerprint density at radius 2 is 1.96 bits per heavy atom. The van der Waals surface area contributed by atoms with E-state index in [0.717, 1.165) is 50.8 Å². The Labute approximate surface area is 154 Å². The van der Waals surface area contributed by atoms with E-state index in [-0.39, 0.29) is 0 Å². The maximum absolute atomic E-state index is 5.22. The number of rotatable bonds is 11. The van der Waals surface area contributed by atoms with Crippen LogP contribution in [-0.4, -0.2) is 87.9 Å². The minimum atomic E-state index is 0.756. The summed E-state index contributed by atoms with van der Waals surface area (Å²) in [6.45, 7) is 9.65. The van der Waals surface area contributed by atoms with Gasteiger partial charge >= 0.3 is 0 Å². The second-order valence-electron chi connectivity index (χ2n) is 7.42. The van der Waals surface area contributed by atoms with Gasteiger partial charge in [0.25, 0.3) is 0 Å². The molecule has 0 aromatic rings. The lowest BCUT2D eigenvalue weighted by atomic mass is 10.0. The highest BCUT2D eigenvalue weighted by atomic mass is 16.5. The van der Waals surface area contributed by atoms with Crippen LogP contribution < -0.4 is 10.6 Å². The summed E-state index contributed by atoms with van der Waals surface area (Å²) in [5.74, 6) is 0.925. The molecule has 1 aliphatic heterocycles. The average Bonchev–Trinajstić information content (AvgIpc) is 3.46. The molecule has 0 radical (unpaired) electrons. The van der Waals surface area contributed by atoms with Crippen LogP contribution in [-0.2, 0) is 4.74 Å². The summed E-state index contributed by atoms with van der Waals surface area (Å²) in [7, 11) is 3.63. The molecule has 2 aliphatic rings. The number of ether oxygens (including phenoxy) is 1. The lowest BCUT2D eigenvalue weighted by Gasteiger charge is -2.33. The number of nitrogens with one attached hydrogen (secondary N) is 2. The number of piperidine rings is 1. The molecule has 0 aromatic heterocycles. The first-order valence-electron chi connectivity index (χ1n) is 10.2. The molecule has 0 spiro atoms. The Bertz CT molecular complexity index is 386. The number of hydrogen-bond donors (Lipinski definition) is 2. The van der Waals surface area contributed by atoms with Gasteiger partial charge in [0, 0.05) is 59.0 Å². The fourth-order valence-electron chi connectivity index (χ4n) is 3.64. The summed E-state index contributed by atoms with van der Waals surface area (Å²) in [6, 6.07) is 1.53. The summed E-state index contributed by atoms with van der Waals surface area (Å²) in [5.41, 5.74) is 0. The summed E-state index contributed by atoms with van der Waals surface area (Å²) < 4.78 is 5.22. The number of nitrogens with zero attached hydrogens (tertiary/aromatic N) is 3. The van der Waals surface area contributed by atoms with E-state index in [2.05, 4.69) is 32.3 Å². The smallest absolute Gasteiger partial charge is 0.191 e. The molecule has 0 aromatic carbocycles. The molecule has 1 saturated heterocycles. The van der Waals surface area contributed by atoms with E-state index >= 15 is 0 Å². The van der Waals surface area contributed by atoms with Crippen LogP contribution in [0.2, 0.25) is 0 Å². The molecule has 1 atom stereocenters. The first-order valence-corrected chi connectivity index (χ1v) is 10.2. The molecule has 1 heterocycles. The van der Waals surface area contributed by atoms with E-state index in [9.17, 15) is 0 Å². The molecule has 2 N–H and O–H groups in total. The van der Waals surface area contributed by atoms with Crippen LogP contribution in [0.15, 0.2) is 4.99 Å². The van der Waals surface area contributed by atoms with Gasteiger partial charge in [-0.25, -0.2) is 0 Å². The van der Waals surface area contributed by atoms with Crippen LogP contribution in [0.3, 0.4) is 0 Å². The van der Waals surface area contributed by atoms with Gasteiger partial charge in [-0.1, -0.05) is 6.42 Å². The molecule has 1 saturated carbocycles. The molecule has 2 fully saturated rings. The van der Waals surface area contributed by atoms with E-state index < -0.39 is 0 Å². The number of hydrogen-bond acceptors (Lipinski definition) is 4. The Balaban J connectivity index is 1.55. The van der Waals surface area contributed by atoms with Gasteiger partial charge in [-0.3, -0.25) is 9.89 Å². The van der Waals surface area contributed by atoms with Crippen molar-refractivity contribution in [1.82, 2.24) is 20.4 Å². The Morgan fingerprint density at radius 3 is 2.64 bits per heavy atom. The largest absolute Gasteiger partial charge is 0.383 e. The van der Waals surface area contributed by atoms with Crippen molar-refractivity contribution in [3.05, 3.63) is 0 Å². The Hall–Kier alpha value is -0.850. The molecular formula is C19H39N5O. The third-order valence-electron chi connectivity index (χ3n) is 5.42. The molecule has 146 valence electrons. The van der Waals surface area contributed by atoms with Gasteiger partial charge in [-0.2, -0.15) is 0 Å². The monoisotopic (exact) mass is 353 g/mol. The van der Waals surface area contributed by atoms with Gasteiger partial charge in [0.2, 0.25) is 0 Å². The zero-order valence-corrected chi connectivity index (χ0v) is 16.6. The van der Waals surface area contributed by atoms with E-state index in [1.807, 2.05) is 7.05 Å². The number of likely N-dealkylation sites (tertiary alicyclic amines) is 1. The van der Waals surface area contributed by atoms with E-state index in [4.69, 9.17) is 4.74 Å². The normalized spacial score (nSPS) is 22.4. The molecular weight excluding hydrogens is 314 g/mol. The molecule has 2 rings (SSSR count). The molecule has 1 unspecified atom stereocenters. The van der Waals surface area contributed by atoms with Gasteiger partial charge < -0.3 is 20.3 Å². The summed E-state index contributed by atoms with van der Waals surface area (Å²) in [6.07, 6.45) is 7.97. The summed E-state index contributed by atoms with van der Waals surface area (Å²) in [4.78, 5) is 9.50. The standard InChI is InChI=1S/C19H39N5O/c1-17-7-4-5-12-23(17)13-6-10-21-19(20-2)22-11-14-24(15-16-25-3)18-8-9-18/h17-18H,4-16H2,1-3H3,(H2,20,21,22). The van der Waals surface area contributed by atoms with Gasteiger partial charge in [0.15, 0.2) is 5.96 Å². The van der Waals surface area contributed by atoms with Crippen molar-refractivity contribution in [2.75, 3.05) is 60.0 Å². The van der Waals surface area contributed by atoms with Crippen LogP contribution in [0, 0.1) is 0 Å². The van der Waals surface area contributed by atoms with Crippen molar-refractivity contribution < 1.29 is 4.74 Å². The van der Waals surface area contributed by atoms with Crippen molar-refractivity contribution in [3.8, 4) is 0 Å². The van der Waals surface area contributed by atoms with E-state index in [1.54, 1.807) is 7.11 Å². The maximum Gasteiger partial charge on any atom is 0.191 e. The number of aliphatic imine (C=N–C) groups is 1. The first-order chi connectivity index (χ1) is 12.2. The second-order valence-corrected chi connectivity index (χ2v) is 7.42. The van der Waals surface area contributed by atoms with Crippen molar-refractivity contribution in [2.24, 2.45) is 4.99 Å². The van der Waals surface area contributed by atoms with Crippen molar-refractivity contribution >= 4 is 5.96 Å². The van der Waals surface area contributed by atoms with Gasteiger partial charge in [-0.05, 0) is 45.6 Å². The van der Waals surface area contributed by atoms with E-state index in [1.165, 1.54) is 51.6 Å². The third-order valence-corrected chi connectivity index (χ3v) is 5.42. The van der Waals surface area contributed by atoms with Crippen LogP contribution in [0.1, 0.15) is 45.4 Å². The highest BCUT2D eigenvalue weighted by Gasteiger charge is 2.28. The molecule has 1 aliphatic carbocycles. The Morgan fingerprint density at radius 1 is 1.16 bits per heavy atom. The minimum Gasteiger partial charge on any atom is -0.383 e. The van der Waals surface area contributed by atoms with E-state index in [0.29, 0.717) is 0 Å². The van der Waals surface area contributed by atoms with Crippen molar-refractivity contribution in [2.45, 2.75) is 57.5 Å². The molecule has 0 bridgehead atoms. The van der Waals surface area contributed by atoms with Gasteiger partial charge in [0.05, 0.1) is 6.61 Å². The van der Waals surface area contributed by atoms with Crippen molar-refractivity contribution in [1.29, 1.82) is 0 Å². The van der Waals surface area contributed by atoms with Crippen LogP contribution in [0.4, 0.5) is 0 Å². The Kier molecular flexibility index (Phi) is 9.58. The highest BCUT2D eigenvalue weighted by molar-refractivity contribution is 5.79. The lowest BCUT2D eigenvalue weighted by Crippen LogP contribution is -2.44. The topological polar surface area (TPSA) is 52.1 Å². The van der Waals surface area contributed by atoms with Crippen LogP contribution in [0.25, 0.3) is 0 Å². The van der Waals surface area contributed by atoms with Gasteiger partial charge in [0.1, 0.15) is 0 Å². The highest BCUT2D eigenvalue weighted by Crippen LogP contribution is 2.25. The maximum atomic E-state index is 5.22. The van der Waals surface area contributed by atoms with Gasteiger partial charge in [-0.15, -0.1) is 0 Å². The molecule has 6 nitrogen and oxygen atoms in total. The molecule has 6 heteroatoms. The molecule has 25 heavy (non-hydrogen) atoms. The first kappa shape index (κ1) is 20.5. The minimum absolute atomic E-state index is 0.756. The van der Waals surface area contributed by atoms with Crippen LogP contribution in [0.5, 0.6) is 0 Å². The SMILES string of the molecule is CN=C(NCCCN1CCCCC1C)NCCN(CCOC)C1CC1. The predicted molar refractivity (Wildman–Crippen MR) is 105 cm³/mol. The fourth-order valence-corrected chi connectivity index (χ4v) is 3.64. The average molecular weight is 354 g/mol. The number of guanidine groups is 1. The fraction of sp³-hybridized carbons (Fsp3) is 0.947. The third kappa shape index (κ3) is 7.92. The molecule has 0 amide bonds. The zero-order valence-electron chi connectivity index (χ0n) is 16.6. The lowest BCUT2D eigenvalue weighted by molar-refractivity contribution is 0.144. The van der Waals surface area contributed by atoms with Crippen molar-refractivity contribution in [3.63, 3.8) is 0 Å². The zero-order chi connectivity index (χ0) is 17.9. The summed E-state index contributed by atoms with van der Waals surface area (Å²) in [5, 5.41) is 6.90.